The highest BCUT2D eigenvalue weighted by atomic mass is 16.1. The summed E-state index contributed by atoms with van der Waals surface area (Å²) in [6.45, 7) is 12.0. The molecule has 0 fully saturated rings. The number of aromatic nitrogens is 20. The highest BCUT2D eigenvalue weighted by Gasteiger charge is 2.17. The number of carbonyl (C=O) groups excluding carboxylic acids is 1. The number of imidazole rings is 5. The van der Waals surface area contributed by atoms with Gasteiger partial charge in [-0.1, -0.05) is 133 Å². The molecule has 22 nitrogen and oxygen atoms in total. The molecule has 12 aromatic heterocycles. The molecule has 0 bridgehead atoms. The minimum atomic E-state index is -0.504. The number of nitrogens with zero attached hydrogens (tertiary/aromatic N) is 20. The van der Waals surface area contributed by atoms with E-state index in [0.717, 1.165) is 211 Å². The molecule has 0 aliphatic rings. The van der Waals surface area contributed by atoms with Gasteiger partial charge in [-0.15, -0.1) is 0 Å². The number of benzene rings is 5. The number of nitrogens with two attached hydrogens (primary N) is 1. The van der Waals surface area contributed by atoms with Gasteiger partial charge in [-0.25, -0.2) is 39.9 Å². The second-order valence-corrected chi connectivity index (χ2v) is 29.0. The van der Waals surface area contributed by atoms with E-state index in [1.807, 2.05) is 207 Å². The summed E-state index contributed by atoms with van der Waals surface area (Å²) in [5.41, 5.74) is 28.2. The van der Waals surface area contributed by atoms with Crippen LogP contribution in [0.4, 0.5) is 0 Å². The van der Waals surface area contributed by atoms with Crippen LogP contribution >= 0.6 is 0 Å². The molecule has 17 rings (SSSR count). The van der Waals surface area contributed by atoms with Gasteiger partial charge in [0.1, 0.15) is 40.6 Å². The number of primary amides is 1. The van der Waals surface area contributed by atoms with E-state index in [1.165, 1.54) is 16.3 Å². The molecule has 12 heterocycles. The molecule has 0 saturated carbocycles. The SMILES string of the molecule is Cc1cc(C)nc(CCc2nc3c4ccccc4ccc3n2C)n1.Cc1cnc(C)c(CCc2nc(-c3ccccc3)cn2C)n1.Cc1ncc(CCc2nc(-c3cccnc3)cn2C)nc1C.Cn1cc(-c2ccccc2)nc1CCc1cccc(-c2ccncc2)n1.Cn1cc(-c2ccccc2)nc1CCc1cccc(C(N)=O)n1. The van der Waals surface area contributed by atoms with Crippen LogP contribution in [0.3, 0.4) is 0 Å². The highest BCUT2D eigenvalue weighted by Crippen LogP contribution is 2.28. The van der Waals surface area contributed by atoms with Gasteiger partial charge in [-0.05, 0) is 133 Å². The Morgan fingerprint density at radius 1 is 0.333 bits per heavy atom. The molecule has 0 aliphatic heterocycles. The molecule has 0 atom stereocenters. The second kappa shape index (κ2) is 38.7. The first kappa shape index (κ1) is 81.0. The normalized spacial score (nSPS) is 10.9. The van der Waals surface area contributed by atoms with Crippen molar-refractivity contribution in [3.05, 3.63) is 354 Å². The van der Waals surface area contributed by atoms with Gasteiger partial charge in [0.25, 0.3) is 5.91 Å². The van der Waals surface area contributed by atoms with Crippen LogP contribution in [0.2, 0.25) is 0 Å². The predicted molar refractivity (Wildman–Crippen MR) is 462 cm³/mol. The number of aryl methyl sites for hydroxylation is 21. The van der Waals surface area contributed by atoms with Crippen molar-refractivity contribution >= 4 is 27.7 Å². The van der Waals surface area contributed by atoms with Crippen molar-refractivity contribution in [3.8, 4) is 56.3 Å². The molecule has 0 unspecified atom stereocenters. The lowest BCUT2D eigenvalue weighted by atomic mass is 10.1. The molecule has 0 saturated heterocycles. The smallest absolute Gasteiger partial charge is 0.267 e. The van der Waals surface area contributed by atoms with Gasteiger partial charge in [0.05, 0.1) is 73.7 Å². The maximum absolute atomic E-state index is 11.2. The van der Waals surface area contributed by atoms with Crippen molar-refractivity contribution < 1.29 is 4.79 Å². The van der Waals surface area contributed by atoms with Gasteiger partial charge < -0.3 is 28.6 Å². The maximum atomic E-state index is 11.2. The molecule has 17 aromatic rings. The van der Waals surface area contributed by atoms with E-state index in [-0.39, 0.29) is 0 Å². The van der Waals surface area contributed by atoms with Gasteiger partial charge in [-0.2, -0.15) is 0 Å². The lowest BCUT2D eigenvalue weighted by Gasteiger charge is -2.05. The van der Waals surface area contributed by atoms with Gasteiger partial charge in [0, 0.05) is 192 Å². The first-order valence-corrected chi connectivity index (χ1v) is 39.3. The topological polar surface area (TPSA) is 261 Å². The number of fused-ring (bicyclic) bond motifs is 3. The zero-order chi connectivity index (χ0) is 81.7. The van der Waals surface area contributed by atoms with Gasteiger partial charge in [0.2, 0.25) is 0 Å². The second-order valence-electron chi connectivity index (χ2n) is 29.0. The molecule has 5 aromatic carbocycles. The fraction of sp³-hybridized carbons (Fsp3) is 0.221. The Balaban J connectivity index is 0.000000127. The number of hydrogen-bond donors (Lipinski definition) is 1. The van der Waals surface area contributed by atoms with Crippen LogP contribution in [0.25, 0.3) is 78.1 Å². The Morgan fingerprint density at radius 2 is 0.821 bits per heavy atom. The summed E-state index contributed by atoms with van der Waals surface area (Å²) in [5.74, 6) is 5.62. The number of carbonyl (C=O) groups is 1. The molecule has 0 radical (unpaired) electrons. The quantitative estimate of drug-likeness (QED) is 0.0701. The Labute approximate surface area is 683 Å². The molecule has 0 spiro atoms. The third-order valence-corrected chi connectivity index (χ3v) is 20.2. The summed E-state index contributed by atoms with van der Waals surface area (Å²) in [6.07, 6.45) is 27.3. The zero-order valence-electron chi connectivity index (χ0n) is 68.2. The maximum Gasteiger partial charge on any atom is 0.267 e. The van der Waals surface area contributed by atoms with E-state index in [9.17, 15) is 4.79 Å². The van der Waals surface area contributed by atoms with Crippen LogP contribution < -0.4 is 5.73 Å². The van der Waals surface area contributed by atoms with Crippen LogP contribution in [0.5, 0.6) is 0 Å². The summed E-state index contributed by atoms with van der Waals surface area (Å²) < 4.78 is 10.5. The standard InChI is InChI=1S/C22H20N4.C20H20N4.C18H18N4O.C18H20N4.C17H19N5/c1-26-16-21(17-6-3-2-4-7-17)25-22(26)11-10-19-8-5-9-20(24-19)18-12-14-23-15-13-18;1-13-12-14(2)22-18(21-13)10-11-19-23-20-16-7-5-4-6-15(16)8-9-17(20)24(19)3;1-22-12-16(13-6-3-2-4-7-13)21-17(22)11-10-14-8-5-9-15(20-14)18(19)23;1-13-11-19-14(2)16(20-13)9-10-18-21-17(12-22(18)3)15-7-5-4-6-8-15;1-12-13(2)20-15(10-19-12)6-7-17-21-16(11-22(17)3)14-5-4-8-18-9-14/h2-9,12-16H,10-11H2,1H3;4-9,12H,10-11H2,1-3H3;2-9,12H,10-11H2,1H3,(H2,19,23);4-8,11-12H,9-10H2,1-3H3;4-5,8-11H,6-7H2,1-3H3. The van der Waals surface area contributed by atoms with Gasteiger partial charge in [0.15, 0.2) is 0 Å². The van der Waals surface area contributed by atoms with Crippen molar-refractivity contribution in [2.24, 2.45) is 41.0 Å². The highest BCUT2D eigenvalue weighted by molar-refractivity contribution is 6.04. The van der Waals surface area contributed by atoms with Crippen molar-refractivity contribution in [3.63, 3.8) is 0 Å². The van der Waals surface area contributed by atoms with Gasteiger partial charge >= 0.3 is 0 Å². The molecular weight excluding hydrogens is 1450 g/mol. The summed E-state index contributed by atoms with van der Waals surface area (Å²) in [5, 5.41) is 2.44. The summed E-state index contributed by atoms with van der Waals surface area (Å²) >= 11 is 0. The largest absolute Gasteiger partial charge is 0.364 e. The monoisotopic (exact) mass is 1550 g/mol. The van der Waals surface area contributed by atoms with Crippen molar-refractivity contribution in [1.29, 1.82) is 0 Å². The van der Waals surface area contributed by atoms with Crippen LogP contribution in [-0.4, -0.2) is 104 Å². The minimum Gasteiger partial charge on any atom is -0.364 e. The average molecular weight is 1550 g/mol. The summed E-state index contributed by atoms with van der Waals surface area (Å²) in [7, 11) is 10.2. The Morgan fingerprint density at radius 3 is 1.37 bits per heavy atom. The lowest BCUT2D eigenvalue weighted by molar-refractivity contribution is 0.0995. The number of rotatable bonds is 21. The number of hydrogen-bond acceptors (Lipinski definition) is 16. The number of pyridine rings is 4. The predicted octanol–water partition coefficient (Wildman–Crippen LogP) is 16.6. The molecule has 1 amide bonds. The minimum absolute atomic E-state index is 0.298. The van der Waals surface area contributed by atoms with Crippen LogP contribution in [0.15, 0.2) is 256 Å². The molecular formula is C95H97N21O. The van der Waals surface area contributed by atoms with Crippen LogP contribution in [0.1, 0.15) is 102 Å². The molecule has 2 N–H and O–H groups in total. The van der Waals surface area contributed by atoms with E-state index in [4.69, 9.17) is 35.6 Å². The van der Waals surface area contributed by atoms with E-state index in [1.54, 1.807) is 30.7 Å². The molecule has 22 heteroatoms. The fourth-order valence-electron chi connectivity index (χ4n) is 13.7. The van der Waals surface area contributed by atoms with E-state index in [2.05, 4.69) is 162 Å². The summed E-state index contributed by atoms with van der Waals surface area (Å²) in [6, 6.07) is 64.8. The molecule has 117 heavy (non-hydrogen) atoms. The molecule has 588 valence electrons. The Kier molecular flexibility index (Phi) is 26.8. The molecule has 0 aliphatic carbocycles. The van der Waals surface area contributed by atoms with Crippen molar-refractivity contribution in [1.82, 2.24) is 97.6 Å². The zero-order valence-corrected chi connectivity index (χ0v) is 68.2. The van der Waals surface area contributed by atoms with Crippen molar-refractivity contribution in [2.45, 2.75) is 106 Å². The average Bonchev–Trinajstić information content (AvgIpc) is 1.63. The van der Waals surface area contributed by atoms with E-state index >= 15 is 0 Å². The van der Waals surface area contributed by atoms with E-state index in [0.29, 0.717) is 12.1 Å². The Bertz CT molecular complexity index is 6130. The van der Waals surface area contributed by atoms with Crippen molar-refractivity contribution in [2.75, 3.05) is 0 Å². The first-order valence-electron chi connectivity index (χ1n) is 39.3. The van der Waals surface area contributed by atoms with Crippen LogP contribution in [0, 0.1) is 41.5 Å². The van der Waals surface area contributed by atoms with Crippen LogP contribution in [-0.2, 0) is 99.4 Å². The lowest BCUT2D eigenvalue weighted by Crippen LogP contribution is -2.14. The fourth-order valence-corrected chi connectivity index (χ4v) is 13.7. The first-order chi connectivity index (χ1) is 56.8. The number of amides is 1. The third-order valence-electron chi connectivity index (χ3n) is 20.2. The third kappa shape index (κ3) is 21.7. The van der Waals surface area contributed by atoms with E-state index < -0.39 is 5.91 Å². The summed E-state index contributed by atoms with van der Waals surface area (Å²) in [4.78, 5) is 79.3. The van der Waals surface area contributed by atoms with Gasteiger partial charge in [-0.3, -0.25) is 39.7 Å². The Hall–Kier alpha value is -14.0.